The number of rotatable bonds is 56. The minimum Gasteiger partial charge on any atom is -0.480 e. The fourth-order valence-corrected chi connectivity index (χ4v) is 19.4. The van der Waals surface area contributed by atoms with Crippen LogP contribution < -0.4 is 126 Å². The summed E-state index contributed by atoms with van der Waals surface area (Å²) in [4.78, 5) is 244. The smallest absolute Gasteiger partial charge is 0.326 e. The quantitative estimate of drug-likeness (QED) is 0.0153. The summed E-state index contributed by atoms with van der Waals surface area (Å²) in [5, 5.41) is 104. The molecule has 54 heteroatoms. The standard InChI is InChI=1S/C89H157N37O17/c1-5-50(4)66(119-68(128)52(21-7-35-106-84(93)94)112-67(127)51(90)20-6-34-105-83(91)92)74(134)116-56(25-11-39-110-88(101)102)77(137)121-42-14-28-60(121)70(130)115-55(24-10-38-109-87(99)100)78(138)125-46-18-32-64(125)81(141)126-47-19-33-65(126)80(140)124-45-17-31-63(124)73(133)118-58(48-49(2)3)79(139)123-44-16-29-61(123)71(131)114-53(22-8-36-107-85(95)96)75(135)120-41-13-27-59(120)69(129)113-54(23-9-37-108-86(97)98)76(136)122-43-15-30-62(122)72(132)117-57(82(142)143)26-12-40-111-89(103)104/h49-66H,5-48,90H2,1-4H3,(H,112,127)(H,113,129)(H,114,131)(H,115,130)(H,116,134)(H,117,132)(H,118,133)(H,119,128)(H,142,143)(H4,91,92,105)(H4,93,94,106)(H4,95,96,107)(H4,97,98,108)(H4,99,100,109)(H4,101,102,110)(H4,103,104,111)/t50-,51-,52-,53-,54-,55-,56-,57-,58-,59-,60-,61-,62-,63-,64-,65-,66-/m0/s1. The van der Waals surface area contributed by atoms with Crippen molar-refractivity contribution in [3.8, 4) is 0 Å². The van der Waals surface area contributed by atoms with Gasteiger partial charge < -0.3 is 165 Å². The molecule has 17 atom stereocenters. The lowest BCUT2D eigenvalue weighted by molar-refractivity contribution is -0.151. The van der Waals surface area contributed by atoms with Crippen LogP contribution in [0, 0.1) is 49.7 Å². The highest BCUT2D eigenvalue weighted by Gasteiger charge is 2.51. The zero-order valence-electron chi connectivity index (χ0n) is 82.7. The number of carboxylic acids is 1. The molecule has 0 bridgehead atoms. The molecule has 15 amide bonds. The van der Waals surface area contributed by atoms with Gasteiger partial charge in [-0.15, -0.1) is 0 Å². The second-order valence-electron chi connectivity index (χ2n) is 38.1. The maximum absolute atomic E-state index is 15.3. The van der Waals surface area contributed by atoms with Crippen molar-refractivity contribution in [1.29, 1.82) is 37.9 Å². The number of nitrogens with one attached hydrogen (secondary N) is 22. The van der Waals surface area contributed by atoms with E-state index in [-0.39, 0.29) is 274 Å². The van der Waals surface area contributed by atoms with Gasteiger partial charge in [0.2, 0.25) is 88.6 Å². The summed E-state index contributed by atoms with van der Waals surface area (Å²) >= 11 is 0. The maximum Gasteiger partial charge on any atom is 0.326 e. The van der Waals surface area contributed by atoms with E-state index in [9.17, 15) is 48.3 Å². The monoisotopic (exact) mass is 2020 g/mol. The third kappa shape index (κ3) is 35.8. The van der Waals surface area contributed by atoms with Crippen LogP contribution in [0.5, 0.6) is 0 Å². The van der Waals surface area contributed by atoms with Crippen LogP contribution >= 0.6 is 0 Å². The lowest BCUT2D eigenvalue weighted by Crippen LogP contribution is -2.61. The normalized spacial score (nSPS) is 20.7. The average molecular weight is 2020 g/mol. The zero-order valence-corrected chi connectivity index (χ0v) is 82.7. The lowest BCUT2D eigenvalue weighted by atomic mass is 9.96. The summed E-state index contributed by atoms with van der Waals surface area (Å²) in [6, 6.07) is -19.6. The van der Waals surface area contributed by atoms with Crippen LogP contribution in [0.4, 0.5) is 0 Å². The molecule has 7 rings (SSSR count). The van der Waals surface area contributed by atoms with Gasteiger partial charge in [0.15, 0.2) is 41.7 Å². The molecule has 0 aromatic carbocycles. The minimum atomic E-state index is -1.36. The summed E-state index contributed by atoms with van der Waals surface area (Å²) in [5.74, 6) is -14.6. The number of carbonyl (C=O) groups excluding carboxylic acids is 15. The number of carbonyl (C=O) groups is 16. The molecule has 0 spiro atoms. The summed E-state index contributed by atoms with van der Waals surface area (Å²) in [6.45, 7) is 8.57. The highest BCUT2D eigenvalue weighted by atomic mass is 16.4. The minimum absolute atomic E-state index is 0.00278. The van der Waals surface area contributed by atoms with Gasteiger partial charge in [-0.05, 0) is 198 Å². The van der Waals surface area contributed by atoms with Gasteiger partial charge in [0.1, 0.15) is 90.6 Å². The van der Waals surface area contributed by atoms with Crippen molar-refractivity contribution >= 4 is 136 Å². The molecule has 143 heavy (non-hydrogen) atoms. The van der Waals surface area contributed by atoms with E-state index in [0.29, 0.717) is 57.8 Å². The molecule has 54 nitrogen and oxygen atoms in total. The molecule has 800 valence electrons. The topological polar surface area (TPSA) is 872 Å². The Morgan fingerprint density at radius 2 is 0.524 bits per heavy atom. The molecule has 7 fully saturated rings. The number of amides is 15. The number of likely N-dealkylation sites (tertiary alicyclic amines) is 7. The number of guanidine groups is 7. The SMILES string of the molecule is CC[C@H](C)[C@H](NC(=O)[C@H](CCCNC(=N)N)NC(=O)[C@@H](N)CCCNC(=N)N)C(=O)N[C@@H](CCCNC(=N)N)C(=O)N1CCC[C@H]1C(=O)N[C@@H](CCCNC(=N)N)C(=O)N1CCC[C@H]1C(=O)N1CCC[C@H]1C(=O)N1CCC[C@H]1C(=O)N[C@@H](CC(C)C)C(=O)N1CCC[C@H]1C(=O)N[C@@H](CCCNC(=N)N)C(=O)N1CCC[C@H]1C(=O)N[C@@H](CCCNC(=N)N)C(=O)N1CCC[C@H]1C(=O)N[C@@H](CCCNC(=N)N)C(=O)O. The van der Waals surface area contributed by atoms with Gasteiger partial charge >= 0.3 is 5.97 Å². The Kier molecular flexibility index (Phi) is 47.2. The van der Waals surface area contributed by atoms with Gasteiger partial charge in [0.05, 0.1) is 6.04 Å². The predicted octanol–water partition coefficient (Wildman–Crippen LogP) is -7.85. The maximum atomic E-state index is 15.3. The molecular formula is C89H157N37O17. The van der Waals surface area contributed by atoms with Crippen molar-refractivity contribution in [3.63, 3.8) is 0 Å². The molecule has 7 aliphatic heterocycles. The van der Waals surface area contributed by atoms with E-state index in [2.05, 4.69) is 79.8 Å². The van der Waals surface area contributed by atoms with Crippen molar-refractivity contribution in [2.45, 2.75) is 317 Å². The van der Waals surface area contributed by atoms with E-state index in [0.717, 1.165) is 0 Å². The van der Waals surface area contributed by atoms with Crippen LogP contribution in [0.15, 0.2) is 0 Å². The molecule has 39 N–H and O–H groups in total. The van der Waals surface area contributed by atoms with Crippen molar-refractivity contribution in [2.75, 3.05) is 91.6 Å². The summed E-state index contributed by atoms with van der Waals surface area (Å²) < 4.78 is 0. The average Bonchev–Trinajstić information content (AvgIpc) is 1.62. The molecule has 7 saturated heterocycles. The summed E-state index contributed by atoms with van der Waals surface area (Å²) in [5.41, 5.74) is 44.9. The third-order valence-corrected chi connectivity index (χ3v) is 26.9. The molecular weight excluding hydrogens is 1860 g/mol. The molecule has 0 radical (unpaired) electrons. The first kappa shape index (κ1) is 116. The highest BCUT2D eigenvalue weighted by Crippen LogP contribution is 2.32. The van der Waals surface area contributed by atoms with Crippen molar-refractivity contribution < 1.29 is 81.8 Å². The Hall–Kier alpha value is -13.6. The van der Waals surface area contributed by atoms with E-state index < -0.39 is 197 Å². The van der Waals surface area contributed by atoms with Crippen LogP contribution in [0.2, 0.25) is 0 Å². The van der Waals surface area contributed by atoms with E-state index in [1.165, 1.54) is 34.3 Å². The number of nitrogens with two attached hydrogens (primary N) is 8. The first-order chi connectivity index (χ1) is 67.9. The number of carboxylic acid groups (broad SMARTS) is 1. The molecule has 0 aromatic heterocycles. The van der Waals surface area contributed by atoms with Gasteiger partial charge in [-0.3, -0.25) is 110 Å². The fraction of sp³-hybridized carbons (Fsp3) is 0.742. The first-order valence-corrected chi connectivity index (χ1v) is 50.0. The van der Waals surface area contributed by atoms with Gasteiger partial charge in [-0.2, -0.15) is 0 Å². The van der Waals surface area contributed by atoms with Gasteiger partial charge in [0.25, 0.3) is 0 Å². The van der Waals surface area contributed by atoms with Gasteiger partial charge in [-0.25, -0.2) is 4.79 Å². The Morgan fingerprint density at radius 3 is 0.825 bits per heavy atom. The number of aliphatic carboxylic acids is 1. The van der Waals surface area contributed by atoms with Gasteiger partial charge in [-0.1, -0.05) is 34.1 Å². The highest BCUT2D eigenvalue weighted by molar-refractivity contribution is 6.02. The van der Waals surface area contributed by atoms with Crippen LogP contribution in [-0.2, 0) is 76.7 Å². The van der Waals surface area contributed by atoms with Crippen molar-refractivity contribution in [2.24, 2.45) is 57.7 Å². The third-order valence-electron chi connectivity index (χ3n) is 26.9. The van der Waals surface area contributed by atoms with E-state index in [4.69, 9.17) is 83.7 Å². The predicted molar refractivity (Wildman–Crippen MR) is 527 cm³/mol. The molecule has 0 unspecified atom stereocenters. The van der Waals surface area contributed by atoms with Crippen molar-refractivity contribution in [1.82, 2.24) is 114 Å². The first-order valence-electron chi connectivity index (χ1n) is 50.0. The number of hydrogen-bond donors (Lipinski definition) is 31. The molecule has 0 aromatic rings. The Balaban J connectivity index is 1.03. The van der Waals surface area contributed by atoms with Crippen LogP contribution in [0.1, 0.15) is 220 Å². The Bertz CT molecular complexity index is 4490. The van der Waals surface area contributed by atoms with Gasteiger partial charge in [0, 0.05) is 91.6 Å². The van der Waals surface area contributed by atoms with Crippen LogP contribution in [0.3, 0.4) is 0 Å². The summed E-state index contributed by atoms with van der Waals surface area (Å²) in [7, 11) is 0. The summed E-state index contributed by atoms with van der Waals surface area (Å²) in [6.07, 6.45) is 5.27. The van der Waals surface area contributed by atoms with Crippen LogP contribution in [0.25, 0.3) is 0 Å². The Morgan fingerprint density at radius 1 is 0.294 bits per heavy atom. The fourth-order valence-electron chi connectivity index (χ4n) is 19.4. The number of nitrogens with zero attached hydrogens (tertiary/aromatic N) is 7. The second-order valence-corrected chi connectivity index (χ2v) is 38.1. The Labute approximate surface area is 832 Å². The van der Waals surface area contributed by atoms with E-state index in [1.807, 2.05) is 13.8 Å². The van der Waals surface area contributed by atoms with E-state index >= 15 is 33.6 Å². The molecule has 0 aliphatic carbocycles. The van der Waals surface area contributed by atoms with E-state index in [1.54, 1.807) is 13.8 Å². The second kappa shape index (κ2) is 58.1. The number of hydrogen-bond acceptors (Lipinski definition) is 24. The lowest BCUT2D eigenvalue weighted by Gasteiger charge is -2.36. The molecule has 7 aliphatic rings. The molecule has 7 heterocycles. The largest absolute Gasteiger partial charge is 0.480 e. The van der Waals surface area contributed by atoms with Crippen molar-refractivity contribution in [3.05, 3.63) is 0 Å². The van der Waals surface area contributed by atoms with Crippen LogP contribution in [-0.4, -0.2) is 364 Å². The zero-order chi connectivity index (χ0) is 105. The molecule has 0 saturated carbocycles.